The summed E-state index contributed by atoms with van der Waals surface area (Å²) in [6, 6.07) is 8.29. The van der Waals surface area contributed by atoms with Crippen LogP contribution in [0.25, 0.3) is 0 Å². The van der Waals surface area contributed by atoms with E-state index in [9.17, 15) is 4.79 Å². The third kappa shape index (κ3) is 3.33. The first-order valence-electron chi connectivity index (χ1n) is 7.35. The molecule has 0 aromatic heterocycles. The van der Waals surface area contributed by atoms with E-state index in [-0.39, 0.29) is 11.3 Å². The summed E-state index contributed by atoms with van der Waals surface area (Å²) in [6.07, 6.45) is 2.07. The van der Waals surface area contributed by atoms with Gasteiger partial charge in [0.15, 0.2) is 0 Å². The first-order chi connectivity index (χ1) is 9.41. The summed E-state index contributed by atoms with van der Waals surface area (Å²) in [6.45, 7) is 7.69. The van der Waals surface area contributed by atoms with E-state index in [4.69, 9.17) is 4.74 Å². The standard InChI is InChI=1S/C17H25NO2/c1-17(2,3)16(19)18-10-8-13(9-11-18)14-6-5-7-15(12-14)20-4/h5-7,12-13H,8-11H2,1-4H3. The van der Waals surface area contributed by atoms with Crippen molar-refractivity contribution in [3.8, 4) is 5.75 Å². The predicted octanol–water partition coefficient (Wildman–Crippen LogP) is 3.45. The topological polar surface area (TPSA) is 29.5 Å². The molecular formula is C17H25NO2. The van der Waals surface area contributed by atoms with Crippen molar-refractivity contribution in [1.82, 2.24) is 4.90 Å². The molecule has 1 saturated heterocycles. The monoisotopic (exact) mass is 275 g/mol. The van der Waals surface area contributed by atoms with Gasteiger partial charge in [0.05, 0.1) is 7.11 Å². The molecule has 1 heterocycles. The maximum absolute atomic E-state index is 12.3. The van der Waals surface area contributed by atoms with Crippen LogP contribution in [0.3, 0.4) is 0 Å². The van der Waals surface area contributed by atoms with Crippen LogP contribution in [-0.2, 0) is 4.79 Å². The van der Waals surface area contributed by atoms with Crippen molar-refractivity contribution in [3.63, 3.8) is 0 Å². The molecule has 3 heteroatoms. The van der Waals surface area contributed by atoms with Crippen LogP contribution < -0.4 is 4.74 Å². The predicted molar refractivity (Wildman–Crippen MR) is 81.0 cm³/mol. The molecule has 0 saturated carbocycles. The Morgan fingerprint density at radius 1 is 1.25 bits per heavy atom. The maximum atomic E-state index is 12.3. The molecule has 0 N–H and O–H groups in total. The highest BCUT2D eigenvalue weighted by atomic mass is 16.5. The molecule has 110 valence electrons. The molecular weight excluding hydrogens is 250 g/mol. The first kappa shape index (κ1) is 14.9. The Hall–Kier alpha value is -1.51. The fourth-order valence-electron chi connectivity index (χ4n) is 2.79. The second kappa shape index (κ2) is 5.86. The van der Waals surface area contributed by atoms with Crippen molar-refractivity contribution in [1.29, 1.82) is 0 Å². The van der Waals surface area contributed by atoms with Gasteiger partial charge in [0.1, 0.15) is 5.75 Å². The fraction of sp³-hybridized carbons (Fsp3) is 0.588. The van der Waals surface area contributed by atoms with Crippen LogP contribution in [0.4, 0.5) is 0 Å². The van der Waals surface area contributed by atoms with Gasteiger partial charge in [-0.25, -0.2) is 0 Å². The number of amides is 1. The number of hydrogen-bond donors (Lipinski definition) is 0. The largest absolute Gasteiger partial charge is 0.497 e. The van der Waals surface area contributed by atoms with Gasteiger partial charge in [0.25, 0.3) is 0 Å². The second-order valence-corrected chi connectivity index (χ2v) is 6.59. The molecule has 3 nitrogen and oxygen atoms in total. The Morgan fingerprint density at radius 2 is 1.90 bits per heavy atom. The lowest BCUT2D eigenvalue weighted by molar-refractivity contribution is -0.140. The zero-order chi connectivity index (χ0) is 14.8. The van der Waals surface area contributed by atoms with Crippen LogP contribution in [0.2, 0.25) is 0 Å². The van der Waals surface area contributed by atoms with Gasteiger partial charge < -0.3 is 9.64 Å². The lowest BCUT2D eigenvalue weighted by atomic mass is 9.87. The minimum absolute atomic E-state index is 0.265. The Balaban J connectivity index is 1.99. The van der Waals surface area contributed by atoms with E-state index >= 15 is 0 Å². The van der Waals surface area contributed by atoms with Crippen molar-refractivity contribution in [2.75, 3.05) is 20.2 Å². The summed E-state index contributed by atoms with van der Waals surface area (Å²) in [5.41, 5.74) is 1.05. The molecule has 1 aromatic carbocycles. The van der Waals surface area contributed by atoms with Crippen LogP contribution in [0.5, 0.6) is 5.75 Å². The third-order valence-electron chi connectivity index (χ3n) is 3.99. The number of rotatable bonds is 2. The van der Waals surface area contributed by atoms with Crippen LogP contribution in [0.15, 0.2) is 24.3 Å². The highest BCUT2D eigenvalue weighted by molar-refractivity contribution is 5.81. The summed E-state index contributed by atoms with van der Waals surface area (Å²) in [7, 11) is 1.70. The van der Waals surface area contributed by atoms with E-state index < -0.39 is 0 Å². The van der Waals surface area contributed by atoms with Crippen molar-refractivity contribution in [3.05, 3.63) is 29.8 Å². The van der Waals surface area contributed by atoms with E-state index in [1.807, 2.05) is 37.8 Å². The quantitative estimate of drug-likeness (QED) is 0.827. The summed E-state index contributed by atoms with van der Waals surface area (Å²) in [5.74, 6) is 1.71. The lowest BCUT2D eigenvalue weighted by Crippen LogP contribution is -2.43. The number of nitrogens with zero attached hydrogens (tertiary/aromatic N) is 1. The van der Waals surface area contributed by atoms with E-state index in [0.29, 0.717) is 5.92 Å². The second-order valence-electron chi connectivity index (χ2n) is 6.59. The average molecular weight is 275 g/mol. The van der Waals surface area contributed by atoms with Gasteiger partial charge in [-0.3, -0.25) is 4.79 Å². The molecule has 1 aliphatic heterocycles. The minimum atomic E-state index is -0.275. The Morgan fingerprint density at radius 3 is 2.45 bits per heavy atom. The number of piperidine rings is 1. The molecule has 0 atom stereocenters. The Kier molecular flexibility index (Phi) is 4.36. The van der Waals surface area contributed by atoms with Crippen LogP contribution >= 0.6 is 0 Å². The highest BCUT2D eigenvalue weighted by Gasteiger charge is 2.30. The first-order valence-corrected chi connectivity index (χ1v) is 7.35. The average Bonchev–Trinajstić information content (AvgIpc) is 2.46. The highest BCUT2D eigenvalue weighted by Crippen LogP contribution is 2.31. The third-order valence-corrected chi connectivity index (χ3v) is 3.99. The van der Waals surface area contributed by atoms with Gasteiger partial charge >= 0.3 is 0 Å². The van der Waals surface area contributed by atoms with Gasteiger partial charge in [0.2, 0.25) is 5.91 Å². The van der Waals surface area contributed by atoms with Crippen LogP contribution in [-0.4, -0.2) is 31.0 Å². The molecule has 0 radical (unpaired) electrons. The number of carbonyl (C=O) groups is 1. The van der Waals surface area contributed by atoms with E-state index in [1.54, 1.807) is 7.11 Å². The van der Waals surface area contributed by atoms with Crippen LogP contribution in [0, 0.1) is 5.41 Å². The van der Waals surface area contributed by atoms with Crippen molar-refractivity contribution in [2.45, 2.75) is 39.5 Å². The van der Waals surface area contributed by atoms with Crippen molar-refractivity contribution < 1.29 is 9.53 Å². The number of carbonyl (C=O) groups excluding carboxylic acids is 1. The Bertz CT molecular complexity index is 468. The molecule has 1 amide bonds. The van der Waals surface area contributed by atoms with E-state index in [1.165, 1.54) is 5.56 Å². The lowest BCUT2D eigenvalue weighted by Gasteiger charge is -2.36. The van der Waals surface area contributed by atoms with Gasteiger partial charge in [-0.15, -0.1) is 0 Å². The summed E-state index contributed by atoms with van der Waals surface area (Å²) in [5, 5.41) is 0. The molecule has 0 spiro atoms. The summed E-state index contributed by atoms with van der Waals surface area (Å²) < 4.78 is 5.29. The molecule has 0 unspecified atom stereocenters. The van der Waals surface area contributed by atoms with Gasteiger partial charge in [-0.2, -0.15) is 0 Å². The maximum Gasteiger partial charge on any atom is 0.227 e. The molecule has 1 fully saturated rings. The SMILES string of the molecule is COc1cccc(C2CCN(C(=O)C(C)(C)C)CC2)c1. The minimum Gasteiger partial charge on any atom is -0.497 e. The number of ether oxygens (including phenoxy) is 1. The number of methoxy groups -OCH3 is 1. The Labute approximate surface area is 121 Å². The van der Waals surface area contributed by atoms with Gasteiger partial charge in [0, 0.05) is 18.5 Å². The van der Waals surface area contributed by atoms with Crippen LogP contribution in [0.1, 0.15) is 45.1 Å². The molecule has 0 bridgehead atoms. The normalized spacial score (nSPS) is 17.1. The van der Waals surface area contributed by atoms with E-state index in [0.717, 1.165) is 31.7 Å². The fourth-order valence-corrected chi connectivity index (χ4v) is 2.79. The summed E-state index contributed by atoms with van der Waals surface area (Å²) in [4.78, 5) is 14.3. The molecule has 20 heavy (non-hydrogen) atoms. The molecule has 1 aliphatic rings. The molecule has 2 rings (SSSR count). The zero-order valence-corrected chi connectivity index (χ0v) is 13.0. The smallest absolute Gasteiger partial charge is 0.227 e. The molecule has 0 aliphatic carbocycles. The number of hydrogen-bond acceptors (Lipinski definition) is 2. The van der Waals surface area contributed by atoms with E-state index in [2.05, 4.69) is 12.1 Å². The van der Waals surface area contributed by atoms with Gasteiger partial charge in [-0.1, -0.05) is 32.9 Å². The molecule has 1 aromatic rings. The zero-order valence-electron chi connectivity index (χ0n) is 13.0. The number of likely N-dealkylation sites (tertiary alicyclic amines) is 1. The number of benzene rings is 1. The van der Waals surface area contributed by atoms with Crippen molar-refractivity contribution in [2.24, 2.45) is 5.41 Å². The van der Waals surface area contributed by atoms with Gasteiger partial charge in [-0.05, 0) is 36.5 Å². The van der Waals surface area contributed by atoms with Crippen molar-refractivity contribution >= 4 is 5.91 Å². The summed E-state index contributed by atoms with van der Waals surface area (Å²) >= 11 is 0.